The van der Waals surface area contributed by atoms with E-state index < -0.39 is 10.3 Å². The van der Waals surface area contributed by atoms with E-state index in [1.54, 1.807) is 12.1 Å². The molecule has 1 saturated carbocycles. The second-order valence-electron chi connectivity index (χ2n) is 6.82. The van der Waals surface area contributed by atoms with Gasteiger partial charge < -0.3 is 5.32 Å². The molecule has 1 aliphatic rings. The molecule has 0 saturated heterocycles. The van der Waals surface area contributed by atoms with Gasteiger partial charge in [-0.15, -0.1) is 5.10 Å². The summed E-state index contributed by atoms with van der Waals surface area (Å²) in [5, 5.41) is 21.5. The van der Waals surface area contributed by atoms with Crippen LogP contribution >= 0.6 is 11.8 Å². The first kappa shape index (κ1) is 19.1. The standard InChI is InChI=1S/C20H19N5O3S/c26-18(20(10-11-20)15-6-8-16(9-7-15)25(27)28)21-12-13-29-19-22-17(23-24-19)14-4-2-1-3-5-14/h1-9H,10-13H2,(H,21,26)(H,22,23,24). The Morgan fingerprint density at radius 2 is 1.90 bits per heavy atom. The van der Waals surface area contributed by atoms with Gasteiger partial charge in [0.25, 0.3) is 5.69 Å². The van der Waals surface area contributed by atoms with Crippen molar-refractivity contribution >= 4 is 23.4 Å². The van der Waals surface area contributed by atoms with E-state index in [9.17, 15) is 14.9 Å². The number of rotatable bonds is 8. The minimum Gasteiger partial charge on any atom is -0.354 e. The maximum atomic E-state index is 12.7. The maximum absolute atomic E-state index is 12.7. The Bertz CT molecular complexity index is 1020. The van der Waals surface area contributed by atoms with Crippen molar-refractivity contribution in [3.05, 3.63) is 70.3 Å². The third kappa shape index (κ3) is 4.14. The van der Waals surface area contributed by atoms with Crippen LogP contribution in [-0.2, 0) is 10.2 Å². The molecule has 1 fully saturated rings. The van der Waals surface area contributed by atoms with Gasteiger partial charge in [0, 0.05) is 30.0 Å². The molecule has 2 aromatic carbocycles. The lowest BCUT2D eigenvalue weighted by atomic mass is 9.95. The quantitative estimate of drug-likeness (QED) is 0.255. The van der Waals surface area contributed by atoms with E-state index >= 15 is 0 Å². The summed E-state index contributed by atoms with van der Waals surface area (Å²) >= 11 is 1.47. The number of hydrogen-bond acceptors (Lipinski definition) is 6. The second kappa shape index (κ2) is 8.04. The Balaban J connectivity index is 1.28. The number of H-pyrrole nitrogens is 1. The lowest BCUT2D eigenvalue weighted by molar-refractivity contribution is -0.384. The largest absolute Gasteiger partial charge is 0.354 e. The van der Waals surface area contributed by atoms with Crippen LogP contribution in [0.4, 0.5) is 5.69 Å². The topological polar surface area (TPSA) is 114 Å². The summed E-state index contributed by atoms with van der Waals surface area (Å²) in [6.07, 6.45) is 1.51. The van der Waals surface area contributed by atoms with Crippen LogP contribution in [0.1, 0.15) is 18.4 Å². The van der Waals surface area contributed by atoms with Crippen LogP contribution in [-0.4, -0.2) is 38.3 Å². The number of amides is 1. The van der Waals surface area contributed by atoms with E-state index in [1.807, 2.05) is 30.3 Å². The van der Waals surface area contributed by atoms with Crippen LogP contribution in [0.3, 0.4) is 0 Å². The van der Waals surface area contributed by atoms with Gasteiger partial charge in [0.05, 0.1) is 10.3 Å². The van der Waals surface area contributed by atoms with Gasteiger partial charge in [-0.2, -0.15) is 0 Å². The average Bonchev–Trinajstić information content (AvgIpc) is 3.43. The van der Waals surface area contributed by atoms with Crippen molar-refractivity contribution in [3.8, 4) is 11.4 Å². The summed E-state index contributed by atoms with van der Waals surface area (Å²) in [6.45, 7) is 0.493. The molecular formula is C20H19N5O3S. The number of non-ortho nitro benzene ring substituents is 1. The number of carbonyl (C=O) groups excluding carboxylic acids is 1. The van der Waals surface area contributed by atoms with Gasteiger partial charge in [-0.05, 0) is 18.4 Å². The van der Waals surface area contributed by atoms with Crippen LogP contribution in [0.5, 0.6) is 0 Å². The molecule has 3 aromatic rings. The number of carbonyl (C=O) groups is 1. The Labute approximate surface area is 171 Å². The molecule has 8 nitrogen and oxygen atoms in total. The van der Waals surface area contributed by atoms with Crippen molar-refractivity contribution in [2.45, 2.75) is 23.4 Å². The first-order valence-electron chi connectivity index (χ1n) is 9.22. The molecule has 0 spiro atoms. The molecular weight excluding hydrogens is 390 g/mol. The first-order valence-corrected chi connectivity index (χ1v) is 10.2. The predicted octanol–water partition coefficient (Wildman–Crippen LogP) is 3.32. The Morgan fingerprint density at radius 1 is 1.17 bits per heavy atom. The maximum Gasteiger partial charge on any atom is 0.269 e. The van der Waals surface area contributed by atoms with Crippen LogP contribution in [0.2, 0.25) is 0 Å². The van der Waals surface area contributed by atoms with Crippen molar-refractivity contribution in [2.75, 3.05) is 12.3 Å². The van der Waals surface area contributed by atoms with Gasteiger partial charge in [0.1, 0.15) is 0 Å². The fraction of sp³-hybridized carbons (Fsp3) is 0.250. The van der Waals surface area contributed by atoms with E-state index in [2.05, 4.69) is 20.5 Å². The average molecular weight is 409 g/mol. The van der Waals surface area contributed by atoms with Crippen molar-refractivity contribution in [3.63, 3.8) is 0 Å². The number of nitro benzene ring substituents is 1. The normalized spacial score (nSPS) is 14.3. The van der Waals surface area contributed by atoms with E-state index in [0.717, 1.165) is 24.0 Å². The fourth-order valence-corrected chi connectivity index (χ4v) is 3.84. The van der Waals surface area contributed by atoms with E-state index in [-0.39, 0.29) is 11.6 Å². The van der Waals surface area contributed by atoms with Crippen LogP contribution in [0, 0.1) is 10.1 Å². The predicted molar refractivity (Wildman–Crippen MR) is 110 cm³/mol. The SMILES string of the molecule is O=C(NCCSc1n[nH]c(-c2ccccc2)n1)C1(c2ccc([N+](=O)[O-])cc2)CC1. The van der Waals surface area contributed by atoms with Crippen molar-refractivity contribution in [1.82, 2.24) is 20.5 Å². The summed E-state index contributed by atoms with van der Waals surface area (Å²) < 4.78 is 0. The summed E-state index contributed by atoms with van der Waals surface area (Å²) in [4.78, 5) is 27.5. The zero-order chi connectivity index (χ0) is 20.3. The molecule has 1 aromatic heterocycles. The summed E-state index contributed by atoms with van der Waals surface area (Å²) in [6, 6.07) is 16.0. The van der Waals surface area contributed by atoms with Gasteiger partial charge in [0.15, 0.2) is 5.82 Å². The fourth-order valence-electron chi connectivity index (χ4n) is 3.19. The first-order chi connectivity index (χ1) is 14.1. The highest BCUT2D eigenvalue weighted by Gasteiger charge is 2.51. The van der Waals surface area contributed by atoms with Crippen LogP contribution in [0.15, 0.2) is 59.8 Å². The van der Waals surface area contributed by atoms with E-state index in [4.69, 9.17) is 0 Å². The number of benzene rings is 2. The number of hydrogen-bond donors (Lipinski definition) is 2. The Kier molecular flexibility index (Phi) is 5.30. The Hall–Kier alpha value is -3.20. The molecule has 1 amide bonds. The van der Waals surface area contributed by atoms with E-state index in [0.29, 0.717) is 23.3 Å². The molecule has 1 heterocycles. The van der Waals surface area contributed by atoms with Gasteiger partial charge in [-0.25, -0.2) is 4.98 Å². The molecule has 29 heavy (non-hydrogen) atoms. The molecule has 2 N–H and O–H groups in total. The van der Waals surface area contributed by atoms with Gasteiger partial charge >= 0.3 is 0 Å². The van der Waals surface area contributed by atoms with Crippen molar-refractivity contribution in [1.29, 1.82) is 0 Å². The zero-order valence-electron chi connectivity index (χ0n) is 15.5. The minimum atomic E-state index is -0.551. The molecule has 1 aliphatic carbocycles. The number of aromatic nitrogens is 3. The highest BCUT2D eigenvalue weighted by molar-refractivity contribution is 7.99. The summed E-state index contributed by atoms with van der Waals surface area (Å²) in [7, 11) is 0. The Morgan fingerprint density at radius 3 is 2.55 bits per heavy atom. The van der Waals surface area contributed by atoms with Crippen LogP contribution in [0.25, 0.3) is 11.4 Å². The molecule has 0 unspecified atom stereocenters. The minimum absolute atomic E-state index is 0.0303. The molecule has 0 radical (unpaired) electrons. The number of aromatic amines is 1. The summed E-state index contributed by atoms with van der Waals surface area (Å²) in [5.41, 5.74) is 1.28. The lowest BCUT2D eigenvalue weighted by Crippen LogP contribution is -2.36. The number of thioether (sulfide) groups is 1. The molecule has 0 aliphatic heterocycles. The number of nitrogens with one attached hydrogen (secondary N) is 2. The summed E-state index contributed by atoms with van der Waals surface area (Å²) in [5.74, 6) is 1.33. The molecule has 9 heteroatoms. The van der Waals surface area contributed by atoms with Crippen molar-refractivity contribution < 1.29 is 9.72 Å². The molecule has 4 rings (SSSR count). The number of nitro groups is 1. The molecule has 148 valence electrons. The second-order valence-corrected chi connectivity index (χ2v) is 7.89. The third-order valence-corrected chi connectivity index (χ3v) is 5.80. The highest BCUT2D eigenvalue weighted by Crippen LogP contribution is 2.48. The lowest BCUT2D eigenvalue weighted by Gasteiger charge is -2.15. The third-order valence-electron chi connectivity index (χ3n) is 4.95. The smallest absolute Gasteiger partial charge is 0.269 e. The monoisotopic (exact) mass is 409 g/mol. The van der Waals surface area contributed by atoms with Gasteiger partial charge in [0.2, 0.25) is 11.1 Å². The van der Waals surface area contributed by atoms with Gasteiger partial charge in [-0.1, -0.05) is 54.2 Å². The van der Waals surface area contributed by atoms with Crippen LogP contribution < -0.4 is 5.32 Å². The number of nitrogens with zero attached hydrogens (tertiary/aromatic N) is 3. The highest BCUT2D eigenvalue weighted by atomic mass is 32.2. The van der Waals surface area contributed by atoms with Crippen molar-refractivity contribution in [2.24, 2.45) is 0 Å². The molecule has 0 bridgehead atoms. The van der Waals surface area contributed by atoms with Gasteiger partial charge in [-0.3, -0.25) is 20.0 Å². The molecule has 0 atom stereocenters. The van der Waals surface area contributed by atoms with E-state index in [1.165, 1.54) is 23.9 Å². The zero-order valence-corrected chi connectivity index (χ0v) is 16.3.